The fourth-order valence-electron chi connectivity index (χ4n) is 7.54. The fraction of sp³-hybridized carbons (Fsp3) is 0.688. The number of ether oxygens (including phenoxy) is 11. The molecule has 0 unspecified atom stereocenters. The lowest BCUT2D eigenvalue weighted by Crippen LogP contribution is -2.60. The van der Waals surface area contributed by atoms with Gasteiger partial charge >= 0.3 is 18.0 Å². The van der Waals surface area contributed by atoms with E-state index in [1.54, 1.807) is 0 Å². The molecular formula is C48H79N11O24. The number of carbonyl (C=O) groups excluding carboxylic acids is 5. The van der Waals surface area contributed by atoms with Crippen LogP contribution in [0.4, 0.5) is 4.79 Å². The van der Waals surface area contributed by atoms with E-state index in [-0.39, 0.29) is 85.6 Å². The van der Waals surface area contributed by atoms with E-state index in [4.69, 9.17) is 81.5 Å². The third kappa shape index (κ3) is 29.1. The van der Waals surface area contributed by atoms with E-state index in [1.165, 1.54) is 4.90 Å². The predicted octanol–water partition coefficient (Wildman–Crippen LogP) is -8.11. The number of rotatable bonds is 43. The molecule has 0 aromatic carbocycles. The smallest absolute Gasteiger partial charge is 0.409 e. The maximum atomic E-state index is 13.2. The van der Waals surface area contributed by atoms with Gasteiger partial charge in [-0.05, 0) is 12.2 Å². The van der Waals surface area contributed by atoms with Gasteiger partial charge in [0.25, 0.3) is 0 Å². The van der Waals surface area contributed by atoms with E-state index in [1.807, 2.05) is 0 Å². The molecule has 0 aromatic heterocycles. The lowest BCUT2D eigenvalue weighted by atomic mass is 9.92. The van der Waals surface area contributed by atoms with Crippen molar-refractivity contribution in [2.75, 3.05) is 138 Å². The van der Waals surface area contributed by atoms with Crippen LogP contribution in [-0.2, 0) is 80.9 Å². The highest BCUT2D eigenvalue weighted by Crippen LogP contribution is 2.28. The van der Waals surface area contributed by atoms with E-state index >= 15 is 0 Å². The Bertz CT molecular complexity index is 2070. The summed E-state index contributed by atoms with van der Waals surface area (Å²) in [6.07, 6.45) is -3.44. The summed E-state index contributed by atoms with van der Waals surface area (Å²) in [5.41, 5.74) is 22.1. The van der Waals surface area contributed by atoms with Gasteiger partial charge in [0, 0.05) is 40.0 Å². The summed E-state index contributed by atoms with van der Waals surface area (Å²) in [5.74, 6) is -5.77. The molecule has 18 N–H and O–H groups in total. The number of terminal acetylenes is 1. The number of aliphatic hydroxyl groups excluding tert-OH is 4. The number of aliphatic imine (C=N–C) groups is 2. The van der Waals surface area contributed by atoms with Gasteiger partial charge in [-0.3, -0.25) is 19.2 Å². The fourth-order valence-corrected chi connectivity index (χ4v) is 7.54. The van der Waals surface area contributed by atoms with E-state index in [2.05, 4.69) is 37.2 Å². The number of carboxylic acid groups (broad SMARTS) is 2. The van der Waals surface area contributed by atoms with Crippen molar-refractivity contribution in [1.29, 1.82) is 0 Å². The van der Waals surface area contributed by atoms with Crippen LogP contribution in [0.5, 0.6) is 0 Å². The number of aliphatic carboxylic acids is 2. The predicted molar refractivity (Wildman–Crippen MR) is 284 cm³/mol. The van der Waals surface area contributed by atoms with Gasteiger partial charge in [0.1, 0.15) is 50.8 Å². The molecule has 0 saturated heterocycles. The minimum Gasteiger partial charge on any atom is -0.478 e. The van der Waals surface area contributed by atoms with Gasteiger partial charge in [0.05, 0.1) is 110 Å². The Labute approximate surface area is 477 Å². The Hall–Kier alpha value is -7.21. The van der Waals surface area contributed by atoms with Crippen LogP contribution in [-0.4, -0.2) is 288 Å². The summed E-state index contributed by atoms with van der Waals surface area (Å²) >= 11 is 0. The topological polar surface area (TPSA) is 523 Å². The van der Waals surface area contributed by atoms with Crippen LogP contribution in [0.2, 0.25) is 0 Å². The summed E-state index contributed by atoms with van der Waals surface area (Å²) in [4.78, 5) is 96.2. The number of guanidine groups is 2. The number of amides is 5. The van der Waals surface area contributed by atoms with Crippen LogP contribution in [0.25, 0.3) is 0 Å². The molecule has 0 spiro atoms. The first-order valence-electron chi connectivity index (χ1n) is 25.7. The van der Waals surface area contributed by atoms with Crippen molar-refractivity contribution < 1.29 is 116 Å². The van der Waals surface area contributed by atoms with Crippen molar-refractivity contribution in [3.8, 4) is 12.3 Å². The van der Waals surface area contributed by atoms with Gasteiger partial charge in [-0.2, -0.15) is 0 Å². The number of nitrogens with two attached hydrogens (primary N) is 4. The van der Waals surface area contributed by atoms with Crippen molar-refractivity contribution in [3.05, 3.63) is 23.7 Å². The minimum absolute atomic E-state index is 0.0239. The Morgan fingerprint density at radius 2 is 0.988 bits per heavy atom. The van der Waals surface area contributed by atoms with Gasteiger partial charge in [0.15, 0.2) is 24.1 Å². The van der Waals surface area contributed by atoms with Crippen LogP contribution in [0, 0.1) is 12.3 Å². The van der Waals surface area contributed by atoms with Crippen LogP contribution in [0.1, 0.15) is 13.8 Å². The van der Waals surface area contributed by atoms with Gasteiger partial charge in [-0.1, -0.05) is 5.92 Å². The van der Waals surface area contributed by atoms with E-state index in [9.17, 15) is 64.2 Å². The standard InChI is InChI=1S/C48H79N11O24/c1-4-9-73-14-15-76-16-17-77-18-19-78-20-21-79-48(72)59(7-12-74-10-5-53-36(66)26-80-40(32(64)24-60)42-38(55-28(2)62)30(57-46(49)50)22-34(82-42)44(68)69)8-13-75-11-6-54-37(67)27-81-41(33(65)25-61)43-39(56-29(3)63)31(58-47(51)52)23-35(83-43)45(70)71/h1,22-23,30-33,38-43,60-61,64-65H,5-21,24-27H2,2-3H3,(H,53,66)(H,54,67)(H,55,62)(H,56,63)(H,68,69)(H,70,71)(H4,49,50,57)(H4,51,52,58)/t30-,31-,32+,33+,38+,39+,40+,41+,42+,43+/m0/s1. The molecule has 0 aromatic rings. The highest BCUT2D eigenvalue weighted by Gasteiger charge is 2.47. The molecule has 35 heteroatoms. The Morgan fingerprint density at radius 1 is 0.614 bits per heavy atom. The van der Waals surface area contributed by atoms with Crippen LogP contribution >= 0.6 is 0 Å². The SMILES string of the molecule is C#CCOCCOCCOCCOCCOC(=O)N(CCOCCNC(=O)CO[C@@H]([C@@H]1OC(C(=O)O)=C[C@H](N=C(N)N)[C@H]1NC(C)=O)[C@H](O)CO)CCOCCNC(=O)CO[C@@H]([C@@H]1OC(C(=O)O)=C[C@H](N=C(N)N)[C@H]1NC(C)=O)[C@H](O)CO. The third-order valence-corrected chi connectivity index (χ3v) is 11.1. The van der Waals surface area contributed by atoms with Crippen LogP contribution in [0.3, 0.4) is 0 Å². The summed E-state index contributed by atoms with van der Waals surface area (Å²) in [7, 11) is 0. The Morgan fingerprint density at radius 3 is 1.34 bits per heavy atom. The molecule has 0 saturated carbocycles. The van der Waals surface area contributed by atoms with E-state index < -0.39 is 152 Å². The molecule has 83 heavy (non-hydrogen) atoms. The zero-order valence-electron chi connectivity index (χ0n) is 46.0. The highest BCUT2D eigenvalue weighted by molar-refractivity contribution is 5.86. The maximum absolute atomic E-state index is 13.2. The number of carbonyl (C=O) groups is 7. The maximum Gasteiger partial charge on any atom is 0.409 e. The first-order chi connectivity index (χ1) is 39.6. The first-order valence-corrected chi connectivity index (χ1v) is 25.7. The number of nitrogens with zero attached hydrogens (tertiary/aromatic N) is 3. The van der Waals surface area contributed by atoms with Gasteiger partial charge in [-0.25, -0.2) is 24.4 Å². The van der Waals surface area contributed by atoms with Crippen molar-refractivity contribution in [2.24, 2.45) is 32.9 Å². The van der Waals surface area contributed by atoms with Crippen molar-refractivity contribution >= 4 is 53.6 Å². The molecular weight excluding hydrogens is 1110 g/mol. The van der Waals surface area contributed by atoms with E-state index in [0.717, 1.165) is 26.0 Å². The van der Waals surface area contributed by atoms with Gasteiger partial charge < -0.3 is 132 Å². The Balaban J connectivity index is 1.98. The average molecular weight is 1190 g/mol. The second-order valence-corrected chi connectivity index (χ2v) is 17.5. The highest BCUT2D eigenvalue weighted by atomic mass is 16.6. The lowest BCUT2D eigenvalue weighted by Gasteiger charge is -2.40. The van der Waals surface area contributed by atoms with Gasteiger partial charge in [-0.15, -0.1) is 6.42 Å². The number of hydrogen-bond acceptors (Lipinski definition) is 24. The number of aliphatic hydroxyl groups is 4. The molecule has 2 aliphatic heterocycles. The average Bonchev–Trinajstić information content (AvgIpc) is 3.48. The summed E-state index contributed by atoms with van der Waals surface area (Å²) in [5, 5.41) is 70.5. The largest absolute Gasteiger partial charge is 0.478 e. The lowest BCUT2D eigenvalue weighted by molar-refractivity contribution is -0.158. The number of hydrogen-bond donors (Lipinski definition) is 14. The number of nitrogens with one attached hydrogen (secondary N) is 4. The molecule has 5 amide bonds. The van der Waals surface area contributed by atoms with Crippen molar-refractivity contribution in [1.82, 2.24) is 26.2 Å². The second kappa shape index (κ2) is 40.9. The summed E-state index contributed by atoms with van der Waals surface area (Å²) in [6, 6.07) is -4.94. The molecule has 2 heterocycles. The molecule has 470 valence electrons. The third-order valence-electron chi connectivity index (χ3n) is 11.1. The van der Waals surface area contributed by atoms with Crippen molar-refractivity contribution in [2.45, 2.75) is 74.6 Å². The quantitative estimate of drug-likeness (QED) is 0.0117. The molecule has 10 atom stereocenters. The zero-order chi connectivity index (χ0) is 61.7. The van der Waals surface area contributed by atoms with Crippen LogP contribution in [0.15, 0.2) is 33.7 Å². The number of carboxylic acids is 2. The molecule has 0 aliphatic carbocycles. The first kappa shape index (κ1) is 71.9. The van der Waals surface area contributed by atoms with Crippen molar-refractivity contribution in [3.63, 3.8) is 0 Å². The van der Waals surface area contributed by atoms with Gasteiger partial charge in [0.2, 0.25) is 35.1 Å². The molecule has 2 aliphatic rings. The van der Waals surface area contributed by atoms with E-state index in [0.29, 0.717) is 26.4 Å². The molecule has 0 radical (unpaired) electrons. The Kier molecular flexibility index (Phi) is 35.4. The summed E-state index contributed by atoms with van der Waals surface area (Å²) in [6.45, 7) is 0.123. The molecule has 0 fully saturated rings. The minimum atomic E-state index is -1.76. The monoisotopic (exact) mass is 1190 g/mol. The zero-order valence-corrected chi connectivity index (χ0v) is 46.0. The second-order valence-electron chi connectivity index (χ2n) is 17.5. The van der Waals surface area contributed by atoms with Crippen LogP contribution < -0.4 is 44.2 Å². The molecule has 0 bridgehead atoms. The summed E-state index contributed by atoms with van der Waals surface area (Å²) < 4.78 is 60.4. The molecule has 35 nitrogen and oxygen atoms in total. The molecule has 2 rings (SSSR count). The normalized spacial score (nSPS) is 19.7.